The average molecular weight is 423 g/mol. The molecule has 6 nitrogen and oxygen atoms in total. The predicted octanol–water partition coefficient (Wildman–Crippen LogP) is 3.29. The number of rotatable bonds is 7. The van der Waals surface area contributed by atoms with Gasteiger partial charge >= 0.3 is 0 Å². The molecule has 0 spiro atoms. The Kier molecular flexibility index (Phi) is 6.03. The molecule has 3 aromatic carbocycles. The van der Waals surface area contributed by atoms with Gasteiger partial charge in [-0.25, -0.2) is 0 Å². The molecule has 0 bridgehead atoms. The quantitative estimate of drug-likeness (QED) is 0.445. The Morgan fingerprint density at radius 2 is 1.50 bits per heavy atom. The molecule has 1 aromatic heterocycles. The molecule has 32 heavy (non-hydrogen) atoms. The highest BCUT2D eigenvalue weighted by Gasteiger charge is 2.21. The number of hydrogen-bond acceptors (Lipinski definition) is 4. The van der Waals surface area contributed by atoms with Crippen molar-refractivity contribution < 1.29 is 14.4 Å². The summed E-state index contributed by atoms with van der Waals surface area (Å²) in [6, 6.07) is 24.0. The van der Waals surface area contributed by atoms with E-state index in [2.05, 4.69) is 10.3 Å². The highest BCUT2D eigenvalue weighted by Crippen LogP contribution is 2.17. The minimum Gasteiger partial charge on any atom is -0.368 e. The first-order valence-electron chi connectivity index (χ1n) is 10.2. The van der Waals surface area contributed by atoms with Crippen LogP contribution in [0.4, 0.5) is 0 Å². The van der Waals surface area contributed by atoms with Gasteiger partial charge in [0, 0.05) is 29.1 Å². The largest absolute Gasteiger partial charge is 0.368 e. The molecule has 4 aromatic rings. The van der Waals surface area contributed by atoms with Gasteiger partial charge in [0.05, 0.1) is 11.1 Å². The Hall–Kier alpha value is -4.32. The fourth-order valence-corrected chi connectivity index (χ4v) is 3.53. The molecule has 3 N–H and O–H groups in total. The molecular formula is C26H21N3O3. The third-order valence-corrected chi connectivity index (χ3v) is 5.22. The zero-order chi connectivity index (χ0) is 22.5. The van der Waals surface area contributed by atoms with Gasteiger partial charge in [-0.3, -0.25) is 19.4 Å². The minimum atomic E-state index is -0.905. The maximum atomic E-state index is 12.9. The SMILES string of the molecule is NC(=O)[C@H](Cc1ccc(C(=O)c2ccccc2)cc1)NC(=O)c1cccc2cccnc12. The number of benzene rings is 3. The molecule has 0 radical (unpaired) electrons. The molecule has 0 saturated heterocycles. The monoisotopic (exact) mass is 423 g/mol. The summed E-state index contributed by atoms with van der Waals surface area (Å²) in [6.07, 6.45) is 1.82. The second-order valence-corrected chi connectivity index (χ2v) is 7.41. The van der Waals surface area contributed by atoms with E-state index in [1.807, 2.05) is 30.3 Å². The molecule has 0 aliphatic carbocycles. The third kappa shape index (κ3) is 4.54. The van der Waals surface area contributed by atoms with E-state index in [0.29, 0.717) is 22.2 Å². The molecule has 0 aliphatic rings. The lowest BCUT2D eigenvalue weighted by molar-refractivity contribution is -0.119. The Labute approximate surface area is 185 Å². The summed E-state index contributed by atoms with van der Waals surface area (Å²) in [5.74, 6) is -1.15. The van der Waals surface area contributed by atoms with Crippen LogP contribution in [0.15, 0.2) is 91.1 Å². The van der Waals surface area contributed by atoms with Crippen LogP contribution in [0.2, 0.25) is 0 Å². The van der Waals surface area contributed by atoms with Gasteiger partial charge in [-0.05, 0) is 17.7 Å². The third-order valence-electron chi connectivity index (χ3n) is 5.22. The van der Waals surface area contributed by atoms with Crippen molar-refractivity contribution in [2.24, 2.45) is 5.73 Å². The Morgan fingerprint density at radius 1 is 0.812 bits per heavy atom. The second-order valence-electron chi connectivity index (χ2n) is 7.41. The first-order chi connectivity index (χ1) is 15.5. The average Bonchev–Trinajstić information content (AvgIpc) is 2.83. The van der Waals surface area contributed by atoms with E-state index in [9.17, 15) is 14.4 Å². The number of fused-ring (bicyclic) bond motifs is 1. The van der Waals surface area contributed by atoms with E-state index >= 15 is 0 Å². The molecule has 2 amide bonds. The number of aromatic nitrogens is 1. The summed E-state index contributed by atoms with van der Waals surface area (Å²) >= 11 is 0. The number of primary amides is 1. The van der Waals surface area contributed by atoms with Crippen molar-refractivity contribution in [1.82, 2.24) is 10.3 Å². The number of carbonyl (C=O) groups excluding carboxylic acids is 3. The van der Waals surface area contributed by atoms with Crippen LogP contribution >= 0.6 is 0 Å². The number of pyridine rings is 1. The van der Waals surface area contributed by atoms with Gasteiger partial charge in [0.15, 0.2) is 5.78 Å². The normalized spacial score (nSPS) is 11.6. The number of nitrogens with two attached hydrogens (primary N) is 1. The van der Waals surface area contributed by atoms with Crippen LogP contribution in [-0.2, 0) is 11.2 Å². The number of hydrogen-bond donors (Lipinski definition) is 2. The van der Waals surface area contributed by atoms with E-state index in [1.165, 1.54) is 0 Å². The summed E-state index contributed by atoms with van der Waals surface area (Å²) in [6.45, 7) is 0. The van der Waals surface area contributed by atoms with E-state index in [1.54, 1.807) is 60.8 Å². The van der Waals surface area contributed by atoms with Crippen molar-refractivity contribution in [2.45, 2.75) is 12.5 Å². The highest BCUT2D eigenvalue weighted by molar-refractivity contribution is 6.09. The van der Waals surface area contributed by atoms with Gasteiger partial charge in [0.1, 0.15) is 6.04 Å². The zero-order valence-corrected chi connectivity index (χ0v) is 17.2. The van der Waals surface area contributed by atoms with Crippen molar-refractivity contribution in [3.63, 3.8) is 0 Å². The maximum absolute atomic E-state index is 12.9. The molecule has 1 atom stereocenters. The van der Waals surface area contributed by atoms with Crippen LogP contribution in [0.3, 0.4) is 0 Å². The van der Waals surface area contributed by atoms with Gasteiger partial charge in [0.25, 0.3) is 5.91 Å². The first kappa shape index (κ1) is 20.9. The molecule has 158 valence electrons. The van der Waals surface area contributed by atoms with Crippen molar-refractivity contribution in [1.29, 1.82) is 0 Å². The Morgan fingerprint density at radius 3 is 2.22 bits per heavy atom. The number of ketones is 1. The molecule has 6 heteroatoms. The van der Waals surface area contributed by atoms with E-state index in [0.717, 1.165) is 10.9 Å². The Balaban J connectivity index is 1.49. The highest BCUT2D eigenvalue weighted by atomic mass is 16.2. The Bertz CT molecular complexity index is 1280. The predicted molar refractivity (Wildman–Crippen MR) is 122 cm³/mol. The topological polar surface area (TPSA) is 102 Å². The summed E-state index contributed by atoms with van der Waals surface area (Å²) in [5, 5.41) is 3.54. The van der Waals surface area contributed by atoms with Gasteiger partial charge in [-0.2, -0.15) is 0 Å². The van der Waals surface area contributed by atoms with Crippen LogP contribution in [0.1, 0.15) is 31.8 Å². The van der Waals surface area contributed by atoms with Gasteiger partial charge in [-0.1, -0.05) is 72.8 Å². The van der Waals surface area contributed by atoms with Crippen LogP contribution < -0.4 is 11.1 Å². The van der Waals surface area contributed by atoms with E-state index in [4.69, 9.17) is 5.73 Å². The molecule has 0 aliphatic heterocycles. The lowest BCUT2D eigenvalue weighted by Gasteiger charge is -2.16. The molecule has 0 fully saturated rings. The van der Waals surface area contributed by atoms with Crippen molar-refractivity contribution in [3.8, 4) is 0 Å². The van der Waals surface area contributed by atoms with E-state index in [-0.39, 0.29) is 12.2 Å². The number of nitrogens with one attached hydrogen (secondary N) is 1. The summed E-state index contributed by atoms with van der Waals surface area (Å²) in [5.41, 5.74) is 8.40. The standard InChI is InChI=1S/C26H21N3O3/c27-25(31)22(29-26(32)21-10-4-8-18-9-5-15-28-23(18)21)16-17-11-13-20(14-12-17)24(30)19-6-2-1-3-7-19/h1-15,22H,16H2,(H2,27,31)(H,29,32)/t22-/m0/s1. The van der Waals surface area contributed by atoms with Crippen molar-refractivity contribution in [3.05, 3.63) is 113 Å². The van der Waals surface area contributed by atoms with Gasteiger partial charge in [-0.15, -0.1) is 0 Å². The number of nitrogens with zero attached hydrogens (tertiary/aromatic N) is 1. The molecule has 1 heterocycles. The van der Waals surface area contributed by atoms with Crippen LogP contribution in [0.5, 0.6) is 0 Å². The lowest BCUT2D eigenvalue weighted by atomic mass is 9.99. The summed E-state index contributed by atoms with van der Waals surface area (Å²) in [4.78, 5) is 41.7. The van der Waals surface area contributed by atoms with Gasteiger partial charge < -0.3 is 11.1 Å². The summed E-state index contributed by atoms with van der Waals surface area (Å²) < 4.78 is 0. The second kappa shape index (κ2) is 9.22. The number of carbonyl (C=O) groups is 3. The van der Waals surface area contributed by atoms with E-state index < -0.39 is 17.9 Å². The molecular weight excluding hydrogens is 402 g/mol. The van der Waals surface area contributed by atoms with Crippen LogP contribution in [-0.4, -0.2) is 28.6 Å². The number of amides is 2. The fourth-order valence-electron chi connectivity index (χ4n) is 3.53. The van der Waals surface area contributed by atoms with Crippen molar-refractivity contribution >= 4 is 28.5 Å². The molecule has 4 rings (SSSR count). The lowest BCUT2D eigenvalue weighted by Crippen LogP contribution is -2.45. The molecule has 0 saturated carbocycles. The smallest absolute Gasteiger partial charge is 0.254 e. The number of para-hydroxylation sites is 1. The minimum absolute atomic E-state index is 0.0830. The fraction of sp³-hybridized carbons (Fsp3) is 0.0769. The van der Waals surface area contributed by atoms with Gasteiger partial charge in [0.2, 0.25) is 5.91 Å². The summed E-state index contributed by atoms with van der Waals surface area (Å²) in [7, 11) is 0. The van der Waals surface area contributed by atoms with Crippen molar-refractivity contribution in [2.75, 3.05) is 0 Å². The maximum Gasteiger partial charge on any atom is 0.254 e. The molecule has 0 unspecified atom stereocenters. The van der Waals surface area contributed by atoms with Crippen LogP contribution in [0.25, 0.3) is 10.9 Å². The first-order valence-corrected chi connectivity index (χ1v) is 10.2. The van der Waals surface area contributed by atoms with Crippen LogP contribution in [0, 0.1) is 0 Å². The zero-order valence-electron chi connectivity index (χ0n) is 17.2.